The molecule has 0 bridgehead atoms. The SMILES string of the molecule is COc1cc(C)nc(NC(=O)NS(=O)(=O)Nc2ccccn2)n1. The first kappa shape index (κ1) is 16.4. The van der Waals surface area contributed by atoms with Crippen molar-refractivity contribution in [2.45, 2.75) is 6.92 Å². The quantitative estimate of drug-likeness (QED) is 0.729. The summed E-state index contributed by atoms with van der Waals surface area (Å²) in [5.41, 5.74) is 0.543. The molecule has 23 heavy (non-hydrogen) atoms. The Morgan fingerprint density at radius 3 is 2.70 bits per heavy atom. The van der Waals surface area contributed by atoms with Gasteiger partial charge in [0.1, 0.15) is 5.82 Å². The van der Waals surface area contributed by atoms with Crippen LogP contribution in [0.2, 0.25) is 0 Å². The van der Waals surface area contributed by atoms with Crippen LogP contribution in [0.4, 0.5) is 16.6 Å². The van der Waals surface area contributed by atoms with Gasteiger partial charge in [0.15, 0.2) is 0 Å². The average molecular weight is 338 g/mol. The van der Waals surface area contributed by atoms with Crippen molar-refractivity contribution in [3.05, 3.63) is 36.2 Å². The van der Waals surface area contributed by atoms with Crippen LogP contribution in [0.25, 0.3) is 0 Å². The number of hydrogen-bond donors (Lipinski definition) is 3. The molecule has 11 heteroatoms. The smallest absolute Gasteiger partial charge is 0.336 e. The van der Waals surface area contributed by atoms with Crippen LogP contribution >= 0.6 is 0 Å². The second-order valence-corrected chi connectivity index (χ2v) is 5.67. The Kier molecular flexibility index (Phi) is 4.91. The van der Waals surface area contributed by atoms with Crippen LogP contribution in [0, 0.1) is 6.92 Å². The highest BCUT2D eigenvalue weighted by Gasteiger charge is 2.16. The van der Waals surface area contributed by atoms with Crippen molar-refractivity contribution in [1.82, 2.24) is 19.7 Å². The maximum atomic E-state index is 11.8. The molecule has 10 nitrogen and oxygen atoms in total. The van der Waals surface area contributed by atoms with E-state index in [0.29, 0.717) is 5.69 Å². The van der Waals surface area contributed by atoms with Gasteiger partial charge in [0.05, 0.1) is 7.11 Å². The summed E-state index contributed by atoms with van der Waals surface area (Å²) in [6, 6.07) is 5.19. The molecule has 122 valence electrons. The Morgan fingerprint density at radius 2 is 2.04 bits per heavy atom. The minimum atomic E-state index is -4.14. The molecule has 2 heterocycles. The average Bonchev–Trinajstić information content (AvgIpc) is 2.46. The molecule has 0 saturated heterocycles. The zero-order valence-electron chi connectivity index (χ0n) is 12.3. The highest BCUT2D eigenvalue weighted by Crippen LogP contribution is 2.11. The number of rotatable bonds is 5. The number of nitrogens with zero attached hydrogens (tertiary/aromatic N) is 3. The van der Waals surface area contributed by atoms with E-state index in [9.17, 15) is 13.2 Å². The van der Waals surface area contributed by atoms with Crippen molar-refractivity contribution >= 4 is 28.0 Å². The van der Waals surface area contributed by atoms with E-state index in [4.69, 9.17) is 4.74 Å². The number of carbonyl (C=O) groups is 1. The molecule has 0 atom stereocenters. The number of nitrogens with one attached hydrogen (secondary N) is 3. The lowest BCUT2D eigenvalue weighted by Crippen LogP contribution is -2.38. The van der Waals surface area contributed by atoms with Gasteiger partial charge in [-0.15, -0.1) is 0 Å². The molecule has 0 spiro atoms. The van der Waals surface area contributed by atoms with Crippen molar-refractivity contribution in [2.24, 2.45) is 0 Å². The minimum Gasteiger partial charge on any atom is -0.481 e. The molecule has 0 saturated carbocycles. The number of carbonyl (C=O) groups excluding carboxylic acids is 1. The first-order chi connectivity index (χ1) is 10.9. The predicted molar refractivity (Wildman–Crippen MR) is 82.3 cm³/mol. The number of hydrogen-bond acceptors (Lipinski definition) is 7. The van der Waals surface area contributed by atoms with Crippen LogP contribution in [0.15, 0.2) is 30.5 Å². The molecule has 0 aliphatic rings. The molecule has 2 amide bonds. The Hall–Kier alpha value is -2.95. The fourth-order valence-electron chi connectivity index (χ4n) is 1.54. The van der Waals surface area contributed by atoms with Gasteiger partial charge in [-0.1, -0.05) is 6.07 Å². The maximum Gasteiger partial charge on any atom is 0.336 e. The minimum absolute atomic E-state index is 0.0706. The van der Waals surface area contributed by atoms with Crippen LogP contribution in [-0.2, 0) is 10.2 Å². The van der Waals surface area contributed by atoms with Crippen LogP contribution in [-0.4, -0.2) is 36.5 Å². The number of aryl methyl sites for hydroxylation is 1. The predicted octanol–water partition coefficient (Wildman–Crippen LogP) is 0.667. The summed E-state index contributed by atoms with van der Waals surface area (Å²) in [6.45, 7) is 1.67. The number of urea groups is 1. The van der Waals surface area contributed by atoms with E-state index in [-0.39, 0.29) is 17.6 Å². The summed E-state index contributed by atoms with van der Waals surface area (Å²) < 4.78 is 32.4. The Morgan fingerprint density at radius 1 is 1.26 bits per heavy atom. The maximum absolute atomic E-state index is 11.8. The molecule has 2 rings (SSSR count). The van der Waals surface area contributed by atoms with E-state index in [0.717, 1.165) is 0 Å². The second-order valence-electron chi connectivity index (χ2n) is 4.25. The lowest BCUT2D eigenvalue weighted by molar-refractivity contribution is 0.256. The Balaban J connectivity index is 2.03. The molecule has 2 aromatic rings. The van der Waals surface area contributed by atoms with Crippen molar-refractivity contribution in [3.63, 3.8) is 0 Å². The van der Waals surface area contributed by atoms with Gasteiger partial charge in [0.25, 0.3) is 0 Å². The van der Waals surface area contributed by atoms with Gasteiger partial charge in [-0.3, -0.25) is 10.0 Å². The molecule has 0 aliphatic heterocycles. The summed E-state index contributed by atoms with van der Waals surface area (Å²) in [5.74, 6) is 0.218. The van der Waals surface area contributed by atoms with E-state index < -0.39 is 16.2 Å². The topological polar surface area (TPSA) is 135 Å². The molecule has 2 aromatic heterocycles. The van der Waals surface area contributed by atoms with Crippen LogP contribution in [0.3, 0.4) is 0 Å². The van der Waals surface area contributed by atoms with Crippen LogP contribution in [0.1, 0.15) is 5.69 Å². The normalized spacial score (nSPS) is 10.7. The monoisotopic (exact) mass is 338 g/mol. The molecule has 0 unspecified atom stereocenters. The number of amides is 2. The van der Waals surface area contributed by atoms with Gasteiger partial charge in [-0.05, 0) is 19.1 Å². The Bertz CT molecular complexity index is 796. The first-order valence-corrected chi connectivity index (χ1v) is 7.78. The fraction of sp³-hybridized carbons (Fsp3) is 0.167. The molecule has 0 aliphatic carbocycles. The number of methoxy groups -OCH3 is 1. The fourth-order valence-corrected chi connectivity index (χ4v) is 2.28. The molecule has 0 fully saturated rings. The summed E-state index contributed by atoms with van der Waals surface area (Å²) in [5, 5.41) is 2.21. The van der Waals surface area contributed by atoms with Crippen molar-refractivity contribution < 1.29 is 17.9 Å². The van der Waals surface area contributed by atoms with Crippen LogP contribution in [0.5, 0.6) is 5.88 Å². The third kappa shape index (κ3) is 5.07. The molecular weight excluding hydrogens is 324 g/mol. The summed E-state index contributed by atoms with van der Waals surface area (Å²) in [7, 11) is -2.73. The second kappa shape index (κ2) is 6.87. The number of aromatic nitrogens is 3. The molecular formula is C12H14N6O4S. The van der Waals surface area contributed by atoms with Gasteiger partial charge in [-0.2, -0.15) is 13.4 Å². The van der Waals surface area contributed by atoms with E-state index in [2.05, 4.69) is 25.0 Å². The van der Waals surface area contributed by atoms with Crippen molar-refractivity contribution in [3.8, 4) is 5.88 Å². The van der Waals surface area contributed by atoms with Gasteiger partial charge in [-0.25, -0.2) is 19.5 Å². The van der Waals surface area contributed by atoms with Gasteiger partial charge < -0.3 is 4.74 Å². The van der Waals surface area contributed by atoms with Gasteiger partial charge >= 0.3 is 16.2 Å². The summed E-state index contributed by atoms with van der Waals surface area (Å²) >= 11 is 0. The van der Waals surface area contributed by atoms with E-state index in [1.54, 1.807) is 29.8 Å². The molecule has 0 radical (unpaired) electrons. The zero-order chi connectivity index (χ0) is 16.9. The van der Waals surface area contributed by atoms with Crippen molar-refractivity contribution in [2.75, 3.05) is 17.1 Å². The molecule has 3 N–H and O–H groups in total. The number of pyridine rings is 1. The highest BCUT2D eigenvalue weighted by atomic mass is 32.2. The van der Waals surface area contributed by atoms with E-state index in [1.807, 2.05) is 0 Å². The number of ether oxygens (including phenoxy) is 1. The Labute approximate surface area is 132 Å². The zero-order valence-corrected chi connectivity index (χ0v) is 13.1. The van der Waals surface area contributed by atoms with Gasteiger partial charge in [0.2, 0.25) is 11.8 Å². The van der Waals surface area contributed by atoms with Gasteiger partial charge in [0, 0.05) is 18.0 Å². The largest absolute Gasteiger partial charge is 0.481 e. The highest BCUT2D eigenvalue weighted by molar-refractivity contribution is 7.91. The number of anilines is 2. The lowest BCUT2D eigenvalue weighted by Gasteiger charge is -2.09. The first-order valence-electron chi connectivity index (χ1n) is 6.30. The van der Waals surface area contributed by atoms with Crippen molar-refractivity contribution in [1.29, 1.82) is 0 Å². The van der Waals surface area contributed by atoms with Crippen LogP contribution < -0.4 is 19.5 Å². The third-order valence-corrected chi connectivity index (χ3v) is 3.33. The summed E-state index contributed by atoms with van der Waals surface area (Å²) in [6.07, 6.45) is 1.41. The van der Waals surface area contributed by atoms with E-state index >= 15 is 0 Å². The summed E-state index contributed by atoms with van der Waals surface area (Å²) in [4.78, 5) is 23.4. The third-order valence-electron chi connectivity index (χ3n) is 2.40. The van der Waals surface area contributed by atoms with E-state index in [1.165, 1.54) is 19.4 Å². The molecule has 0 aromatic carbocycles. The lowest BCUT2D eigenvalue weighted by atomic mass is 10.4. The standard InChI is InChI=1S/C12H14N6O4S/c1-8-7-10(22-2)15-11(14-8)16-12(19)18-23(20,21)17-9-5-3-4-6-13-9/h3-7H,1-2H3,(H,13,17)(H2,14,15,16,18,19).